The summed E-state index contributed by atoms with van der Waals surface area (Å²) in [6.45, 7) is 1.47. The molecular weight excluding hydrogens is 252 g/mol. The largest absolute Gasteiger partial charge is 0.394 e. The van der Waals surface area contributed by atoms with Crippen LogP contribution < -0.4 is 11.2 Å². The van der Waals surface area contributed by atoms with Crippen LogP contribution in [0.2, 0.25) is 0 Å². The van der Waals surface area contributed by atoms with Crippen molar-refractivity contribution >= 4 is 0 Å². The maximum Gasteiger partial charge on any atom is 0.332 e. The van der Waals surface area contributed by atoms with Gasteiger partial charge in [0, 0.05) is 32.3 Å². The van der Waals surface area contributed by atoms with E-state index in [-0.39, 0.29) is 18.3 Å². The van der Waals surface area contributed by atoms with Crippen molar-refractivity contribution in [1.29, 1.82) is 0 Å². The highest BCUT2D eigenvalue weighted by molar-refractivity contribution is 5.03. The average molecular weight is 270 g/mol. The molecule has 1 N–H and O–H groups in total. The Morgan fingerprint density at radius 3 is 2.74 bits per heavy atom. The lowest BCUT2D eigenvalue weighted by molar-refractivity contribution is -0.0538. The van der Waals surface area contributed by atoms with E-state index in [0.29, 0.717) is 12.0 Å². The standard InChI is InChI=1S/C12H18N2O5/c1-7-5-14(12(17)13(2)11(7)16)10-4-8(18-3)9(6-15)19-10/h5,8-10,15H,4,6H2,1-3H3/t8-,9+,10+/m0/s1. The monoisotopic (exact) mass is 270 g/mol. The first-order chi connectivity index (χ1) is 8.99. The molecule has 1 aromatic heterocycles. The zero-order chi connectivity index (χ0) is 14.2. The van der Waals surface area contributed by atoms with Gasteiger partial charge in [-0.2, -0.15) is 0 Å². The van der Waals surface area contributed by atoms with Crippen molar-refractivity contribution in [3.05, 3.63) is 32.6 Å². The normalized spacial score (nSPS) is 26.8. The molecule has 1 aliphatic heterocycles. The zero-order valence-electron chi connectivity index (χ0n) is 11.2. The first-order valence-corrected chi connectivity index (χ1v) is 6.07. The van der Waals surface area contributed by atoms with Gasteiger partial charge >= 0.3 is 5.69 Å². The minimum Gasteiger partial charge on any atom is -0.394 e. The van der Waals surface area contributed by atoms with Crippen LogP contribution in [0.3, 0.4) is 0 Å². The van der Waals surface area contributed by atoms with E-state index in [1.807, 2.05) is 0 Å². The van der Waals surface area contributed by atoms with Crippen LogP contribution in [0.1, 0.15) is 18.2 Å². The number of aliphatic hydroxyl groups excluding tert-OH is 1. The topological polar surface area (TPSA) is 82.7 Å². The second-order valence-electron chi connectivity index (χ2n) is 4.69. The summed E-state index contributed by atoms with van der Waals surface area (Å²) in [5, 5.41) is 9.21. The smallest absolute Gasteiger partial charge is 0.332 e. The number of aliphatic hydroxyl groups is 1. The van der Waals surface area contributed by atoms with Crippen molar-refractivity contribution in [1.82, 2.24) is 9.13 Å². The lowest BCUT2D eigenvalue weighted by Crippen LogP contribution is -2.40. The molecule has 7 heteroatoms. The van der Waals surface area contributed by atoms with Crippen molar-refractivity contribution < 1.29 is 14.6 Å². The highest BCUT2D eigenvalue weighted by Crippen LogP contribution is 2.29. The SMILES string of the molecule is CO[C@H]1C[C@H](n2cc(C)c(=O)n(C)c2=O)O[C@@H]1CO. The molecule has 3 atom stereocenters. The number of rotatable bonds is 3. The third-order valence-corrected chi connectivity index (χ3v) is 3.46. The van der Waals surface area contributed by atoms with Crippen LogP contribution in [0.4, 0.5) is 0 Å². The number of aromatic nitrogens is 2. The maximum absolute atomic E-state index is 12.1. The summed E-state index contributed by atoms with van der Waals surface area (Å²) in [7, 11) is 2.97. The number of ether oxygens (including phenoxy) is 2. The molecule has 2 heterocycles. The second kappa shape index (κ2) is 5.28. The van der Waals surface area contributed by atoms with Gasteiger partial charge in [0.05, 0.1) is 12.7 Å². The summed E-state index contributed by atoms with van der Waals surface area (Å²) < 4.78 is 13.2. The highest BCUT2D eigenvalue weighted by atomic mass is 16.6. The summed E-state index contributed by atoms with van der Waals surface area (Å²) in [5.41, 5.74) is -0.289. The molecule has 0 saturated carbocycles. The molecule has 2 rings (SSSR count). The molecule has 1 fully saturated rings. The molecule has 106 valence electrons. The summed E-state index contributed by atoms with van der Waals surface area (Å²) >= 11 is 0. The van der Waals surface area contributed by atoms with Crippen LogP contribution in [0.5, 0.6) is 0 Å². The summed E-state index contributed by atoms with van der Waals surface area (Å²) in [4.78, 5) is 23.7. The molecule has 0 bridgehead atoms. The molecule has 0 unspecified atom stereocenters. The van der Waals surface area contributed by atoms with E-state index in [0.717, 1.165) is 4.57 Å². The number of nitrogens with zero attached hydrogens (tertiary/aromatic N) is 2. The van der Waals surface area contributed by atoms with Crippen molar-refractivity contribution in [3.8, 4) is 0 Å². The first-order valence-electron chi connectivity index (χ1n) is 6.07. The van der Waals surface area contributed by atoms with Crippen molar-refractivity contribution in [3.63, 3.8) is 0 Å². The van der Waals surface area contributed by atoms with Gasteiger partial charge in [0.2, 0.25) is 0 Å². The zero-order valence-corrected chi connectivity index (χ0v) is 11.2. The predicted octanol–water partition coefficient (Wildman–Crippen LogP) is -0.850. The van der Waals surface area contributed by atoms with E-state index >= 15 is 0 Å². The Bertz CT molecular complexity index is 564. The van der Waals surface area contributed by atoms with Crippen LogP contribution in [0.15, 0.2) is 15.8 Å². The average Bonchev–Trinajstić information content (AvgIpc) is 2.83. The van der Waals surface area contributed by atoms with Crippen LogP contribution in [0, 0.1) is 6.92 Å². The molecular formula is C12H18N2O5. The molecule has 1 saturated heterocycles. The number of methoxy groups -OCH3 is 1. The molecule has 0 amide bonds. The number of hydrogen-bond donors (Lipinski definition) is 1. The van der Waals surface area contributed by atoms with Gasteiger partial charge in [-0.25, -0.2) is 4.79 Å². The Morgan fingerprint density at radius 2 is 2.21 bits per heavy atom. The maximum atomic E-state index is 12.1. The quantitative estimate of drug-likeness (QED) is 0.773. The molecule has 1 aliphatic rings. The fourth-order valence-electron chi connectivity index (χ4n) is 2.33. The summed E-state index contributed by atoms with van der Waals surface area (Å²) in [5.74, 6) is 0. The third-order valence-electron chi connectivity index (χ3n) is 3.46. The Balaban J connectivity index is 2.39. The number of hydrogen-bond acceptors (Lipinski definition) is 5. The van der Waals surface area contributed by atoms with Gasteiger partial charge in [0.15, 0.2) is 0 Å². The van der Waals surface area contributed by atoms with Gasteiger partial charge in [0.1, 0.15) is 12.3 Å². The van der Waals surface area contributed by atoms with E-state index in [4.69, 9.17) is 9.47 Å². The fourth-order valence-corrected chi connectivity index (χ4v) is 2.33. The lowest BCUT2D eigenvalue weighted by atomic mass is 10.2. The van der Waals surface area contributed by atoms with E-state index in [1.54, 1.807) is 6.92 Å². The van der Waals surface area contributed by atoms with Gasteiger partial charge in [-0.3, -0.25) is 13.9 Å². The molecule has 7 nitrogen and oxygen atoms in total. The van der Waals surface area contributed by atoms with Crippen LogP contribution in [-0.4, -0.2) is 40.2 Å². The van der Waals surface area contributed by atoms with Crippen LogP contribution in [0.25, 0.3) is 0 Å². The van der Waals surface area contributed by atoms with E-state index in [9.17, 15) is 14.7 Å². The molecule has 0 radical (unpaired) electrons. The van der Waals surface area contributed by atoms with Gasteiger partial charge in [-0.1, -0.05) is 0 Å². The Kier molecular flexibility index (Phi) is 3.88. The molecule has 0 aromatic carbocycles. The number of aryl methyl sites for hydroxylation is 1. The molecule has 19 heavy (non-hydrogen) atoms. The van der Waals surface area contributed by atoms with Gasteiger partial charge < -0.3 is 14.6 Å². The van der Waals surface area contributed by atoms with Gasteiger partial charge in [-0.15, -0.1) is 0 Å². The second-order valence-corrected chi connectivity index (χ2v) is 4.69. The molecule has 0 aliphatic carbocycles. The van der Waals surface area contributed by atoms with Crippen LogP contribution >= 0.6 is 0 Å². The fraction of sp³-hybridized carbons (Fsp3) is 0.667. The van der Waals surface area contributed by atoms with E-state index in [2.05, 4.69) is 0 Å². The predicted molar refractivity (Wildman–Crippen MR) is 67.1 cm³/mol. The summed E-state index contributed by atoms with van der Waals surface area (Å²) in [6, 6.07) is 0. The van der Waals surface area contributed by atoms with Crippen LogP contribution in [-0.2, 0) is 16.5 Å². The van der Waals surface area contributed by atoms with Crippen molar-refractivity contribution in [2.24, 2.45) is 7.05 Å². The minimum atomic E-state index is -0.528. The minimum absolute atomic E-state index is 0.172. The first kappa shape index (κ1) is 14.0. The van der Waals surface area contributed by atoms with E-state index in [1.165, 1.54) is 24.9 Å². The van der Waals surface area contributed by atoms with Gasteiger partial charge in [-0.05, 0) is 6.92 Å². The van der Waals surface area contributed by atoms with Gasteiger partial charge in [0.25, 0.3) is 5.56 Å². The summed E-state index contributed by atoms with van der Waals surface area (Å²) in [6.07, 6.45) is 0.695. The van der Waals surface area contributed by atoms with Crippen molar-refractivity contribution in [2.45, 2.75) is 31.8 Å². The lowest BCUT2D eigenvalue weighted by Gasteiger charge is -2.16. The Labute approximate surface area is 110 Å². The van der Waals surface area contributed by atoms with E-state index < -0.39 is 18.0 Å². The Hall–Kier alpha value is -1.44. The molecule has 0 spiro atoms. The molecule has 1 aromatic rings. The highest BCUT2D eigenvalue weighted by Gasteiger charge is 2.36. The third kappa shape index (κ3) is 2.36. The van der Waals surface area contributed by atoms with Crippen molar-refractivity contribution in [2.75, 3.05) is 13.7 Å². The Morgan fingerprint density at radius 1 is 1.53 bits per heavy atom.